The number of aromatic nitrogens is 3. The molecule has 1 amide bonds. The summed E-state index contributed by atoms with van der Waals surface area (Å²) in [5, 5.41) is 15.0. The van der Waals surface area contributed by atoms with Crippen molar-refractivity contribution in [3.8, 4) is 0 Å². The van der Waals surface area contributed by atoms with E-state index in [2.05, 4.69) is 10.1 Å². The lowest BCUT2D eigenvalue weighted by Crippen LogP contribution is -2.37. The molecule has 5 rings (SSSR count). The standard InChI is InChI=1S/C21H22N4O3/c26-19(9-14-10-22-17-4-2-1-3-15(14)17)24-8-7-18-16(12-24)20(21(27)28)23-25(18)11-13-5-6-13/h1-4,10,13,22H,5-9,11-12H2,(H,27,28). The van der Waals surface area contributed by atoms with Gasteiger partial charge in [0.15, 0.2) is 5.69 Å². The summed E-state index contributed by atoms with van der Waals surface area (Å²) in [6.45, 7) is 1.71. The monoisotopic (exact) mass is 378 g/mol. The van der Waals surface area contributed by atoms with Crippen LogP contribution in [0.25, 0.3) is 10.9 Å². The van der Waals surface area contributed by atoms with E-state index in [4.69, 9.17) is 0 Å². The van der Waals surface area contributed by atoms with Gasteiger partial charge in [-0.3, -0.25) is 9.48 Å². The SMILES string of the molecule is O=C(O)c1nn(CC2CC2)c2c1CN(C(=O)Cc1c[nH]c3ccccc13)CC2. The highest BCUT2D eigenvalue weighted by atomic mass is 16.4. The second-order valence-electron chi connectivity index (χ2n) is 7.81. The maximum atomic E-state index is 12.9. The first-order chi connectivity index (χ1) is 13.6. The van der Waals surface area contributed by atoms with Gasteiger partial charge in [0.2, 0.25) is 5.91 Å². The molecule has 2 aromatic heterocycles. The summed E-state index contributed by atoms with van der Waals surface area (Å²) in [5.74, 6) is -0.384. The van der Waals surface area contributed by atoms with Crippen LogP contribution in [-0.4, -0.2) is 43.2 Å². The van der Waals surface area contributed by atoms with Crippen molar-refractivity contribution in [3.63, 3.8) is 0 Å². The summed E-state index contributed by atoms with van der Waals surface area (Å²) >= 11 is 0. The first-order valence-electron chi connectivity index (χ1n) is 9.75. The Kier molecular flexibility index (Phi) is 3.96. The molecule has 28 heavy (non-hydrogen) atoms. The Balaban J connectivity index is 1.38. The third-order valence-electron chi connectivity index (χ3n) is 5.83. The van der Waals surface area contributed by atoms with Gasteiger partial charge in [0.1, 0.15) is 0 Å². The Hall–Kier alpha value is -3.09. The number of fused-ring (bicyclic) bond motifs is 2. The second-order valence-corrected chi connectivity index (χ2v) is 7.81. The van der Waals surface area contributed by atoms with Gasteiger partial charge in [0.25, 0.3) is 0 Å². The fraction of sp³-hybridized carbons (Fsp3) is 0.381. The van der Waals surface area contributed by atoms with Crippen LogP contribution in [-0.2, 0) is 30.7 Å². The topological polar surface area (TPSA) is 91.2 Å². The average molecular weight is 378 g/mol. The number of carboxylic acid groups (broad SMARTS) is 1. The highest BCUT2D eigenvalue weighted by Gasteiger charge is 2.32. The van der Waals surface area contributed by atoms with Gasteiger partial charge in [-0.25, -0.2) is 4.79 Å². The predicted molar refractivity (Wildman–Crippen MR) is 103 cm³/mol. The molecular weight excluding hydrogens is 356 g/mol. The number of hydrogen-bond donors (Lipinski definition) is 2. The number of carbonyl (C=O) groups excluding carboxylic acids is 1. The molecule has 1 aliphatic carbocycles. The van der Waals surface area contributed by atoms with Gasteiger partial charge in [-0.15, -0.1) is 0 Å². The molecule has 7 heteroatoms. The van der Waals surface area contributed by atoms with Gasteiger partial charge in [-0.05, 0) is 30.4 Å². The summed E-state index contributed by atoms with van der Waals surface area (Å²) in [6, 6.07) is 7.92. The van der Waals surface area contributed by atoms with Crippen LogP contribution in [0.4, 0.5) is 0 Å². The summed E-state index contributed by atoms with van der Waals surface area (Å²) in [4.78, 5) is 29.6. The Morgan fingerprint density at radius 3 is 2.86 bits per heavy atom. The summed E-state index contributed by atoms with van der Waals surface area (Å²) in [5.41, 5.74) is 3.77. The minimum atomic E-state index is -1.02. The van der Waals surface area contributed by atoms with E-state index in [-0.39, 0.29) is 11.6 Å². The van der Waals surface area contributed by atoms with Gasteiger partial charge in [-0.2, -0.15) is 5.10 Å². The molecule has 1 fully saturated rings. The third-order valence-corrected chi connectivity index (χ3v) is 5.83. The van der Waals surface area contributed by atoms with E-state index in [1.165, 1.54) is 12.8 Å². The molecule has 1 aliphatic heterocycles. The Bertz CT molecular complexity index is 1080. The fourth-order valence-electron chi connectivity index (χ4n) is 4.12. The van der Waals surface area contributed by atoms with Crippen molar-refractivity contribution in [2.24, 2.45) is 5.92 Å². The normalized spacial score (nSPS) is 16.4. The zero-order valence-electron chi connectivity index (χ0n) is 15.5. The van der Waals surface area contributed by atoms with Crippen LogP contribution in [0.2, 0.25) is 0 Å². The van der Waals surface area contributed by atoms with Gasteiger partial charge >= 0.3 is 5.97 Å². The van der Waals surface area contributed by atoms with Crippen LogP contribution in [0.3, 0.4) is 0 Å². The molecule has 0 saturated heterocycles. The van der Waals surface area contributed by atoms with Gasteiger partial charge in [0, 0.05) is 54.4 Å². The first kappa shape index (κ1) is 17.0. The number of benzene rings is 1. The molecule has 3 aromatic rings. The van der Waals surface area contributed by atoms with E-state index < -0.39 is 5.97 Å². The third kappa shape index (κ3) is 2.96. The minimum absolute atomic E-state index is 0.0154. The number of amides is 1. The van der Waals surface area contributed by atoms with Crippen molar-refractivity contribution in [1.29, 1.82) is 0 Å². The van der Waals surface area contributed by atoms with Crippen molar-refractivity contribution < 1.29 is 14.7 Å². The van der Waals surface area contributed by atoms with E-state index in [9.17, 15) is 14.7 Å². The first-order valence-corrected chi connectivity index (χ1v) is 9.75. The number of aromatic carboxylic acids is 1. The number of rotatable bonds is 5. The average Bonchev–Trinajstić information content (AvgIpc) is 3.31. The Morgan fingerprint density at radius 1 is 1.25 bits per heavy atom. The number of hydrogen-bond acceptors (Lipinski definition) is 3. The summed E-state index contributed by atoms with van der Waals surface area (Å²) in [6.07, 6.45) is 5.22. The minimum Gasteiger partial charge on any atom is -0.476 e. The Labute approximate surface area is 162 Å². The lowest BCUT2D eigenvalue weighted by molar-refractivity contribution is -0.131. The zero-order chi connectivity index (χ0) is 19.3. The van der Waals surface area contributed by atoms with Crippen LogP contribution >= 0.6 is 0 Å². The van der Waals surface area contributed by atoms with E-state index in [1.807, 2.05) is 35.1 Å². The van der Waals surface area contributed by atoms with Gasteiger partial charge in [0.05, 0.1) is 6.42 Å². The number of nitrogens with zero attached hydrogens (tertiary/aromatic N) is 3. The molecule has 2 N–H and O–H groups in total. The predicted octanol–water partition coefficient (Wildman–Crippen LogP) is 2.60. The zero-order valence-corrected chi connectivity index (χ0v) is 15.5. The van der Waals surface area contributed by atoms with E-state index in [1.54, 1.807) is 4.90 Å². The molecule has 0 spiro atoms. The largest absolute Gasteiger partial charge is 0.476 e. The number of carboxylic acids is 1. The fourth-order valence-corrected chi connectivity index (χ4v) is 4.12. The van der Waals surface area contributed by atoms with Crippen LogP contribution in [0, 0.1) is 5.92 Å². The lowest BCUT2D eigenvalue weighted by atomic mass is 10.0. The highest BCUT2D eigenvalue weighted by Crippen LogP contribution is 2.33. The highest BCUT2D eigenvalue weighted by molar-refractivity contribution is 5.90. The molecule has 0 atom stereocenters. The lowest BCUT2D eigenvalue weighted by Gasteiger charge is -2.28. The van der Waals surface area contributed by atoms with Crippen molar-refractivity contribution in [3.05, 3.63) is 53.0 Å². The van der Waals surface area contributed by atoms with Crippen LogP contribution in [0.15, 0.2) is 30.5 Å². The molecule has 1 saturated carbocycles. The van der Waals surface area contributed by atoms with Gasteiger partial charge < -0.3 is 15.0 Å². The Morgan fingerprint density at radius 2 is 2.07 bits per heavy atom. The molecular formula is C21H22N4O3. The number of nitrogens with one attached hydrogen (secondary N) is 1. The second kappa shape index (κ2) is 6.51. The molecule has 144 valence electrons. The maximum absolute atomic E-state index is 12.9. The van der Waals surface area contributed by atoms with Crippen molar-refractivity contribution in [2.75, 3.05) is 6.54 Å². The number of para-hydroxylation sites is 1. The van der Waals surface area contributed by atoms with Gasteiger partial charge in [-0.1, -0.05) is 18.2 Å². The van der Waals surface area contributed by atoms with Crippen molar-refractivity contribution in [1.82, 2.24) is 19.7 Å². The van der Waals surface area contributed by atoms with Crippen LogP contribution in [0.1, 0.15) is 40.2 Å². The van der Waals surface area contributed by atoms with E-state index in [0.29, 0.717) is 37.4 Å². The number of aromatic amines is 1. The van der Waals surface area contributed by atoms with Crippen molar-refractivity contribution in [2.45, 2.75) is 38.8 Å². The van der Waals surface area contributed by atoms with E-state index in [0.717, 1.165) is 28.7 Å². The molecule has 2 aliphatic rings. The number of H-pyrrole nitrogens is 1. The smallest absolute Gasteiger partial charge is 0.356 e. The number of carbonyl (C=O) groups is 2. The molecule has 0 radical (unpaired) electrons. The van der Waals surface area contributed by atoms with Crippen LogP contribution < -0.4 is 0 Å². The molecule has 0 bridgehead atoms. The maximum Gasteiger partial charge on any atom is 0.356 e. The van der Waals surface area contributed by atoms with E-state index >= 15 is 0 Å². The molecule has 1 aromatic carbocycles. The van der Waals surface area contributed by atoms with Crippen LogP contribution in [0.5, 0.6) is 0 Å². The molecule has 3 heterocycles. The summed E-state index contributed by atoms with van der Waals surface area (Å²) < 4.78 is 1.87. The molecule has 0 unspecified atom stereocenters. The molecule has 7 nitrogen and oxygen atoms in total. The quantitative estimate of drug-likeness (QED) is 0.714. The summed E-state index contributed by atoms with van der Waals surface area (Å²) in [7, 11) is 0. The van der Waals surface area contributed by atoms with Crippen molar-refractivity contribution >= 4 is 22.8 Å².